The van der Waals surface area contributed by atoms with Crippen molar-refractivity contribution in [3.8, 4) is 5.75 Å². The number of hydrogen-bond acceptors (Lipinski definition) is 3. The SMILES string of the molecule is CC.CC/C=C(\CC)OC(=N)c1cccc(OC(F)(F)F)c1. The Balaban J connectivity index is 0.00000211. The van der Waals surface area contributed by atoms with Gasteiger partial charge in [-0.1, -0.05) is 33.8 Å². The molecular weight excluding hydrogens is 295 g/mol. The molecule has 0 heterocycles. The first-order valence-corrected chi connectivity index (χ1v) is 7.17. The molecule has 0 unspecified atom stereocenters. The first-order chi connectivity index (χ1) is 10.4. The maximum atomic E-state index is 12.1. The average Bonchev–Trinajstić information content (AvgIpc) is 2.47. The van der Waals surface area contributed by atoms with E-state index in [2.05, 4.69) is 4.74 Å². The minimum absolute atomic E-state index is 0.209. The van der Waals surface area contributed by atoms with E-state index in [1.807, 2.05) is 33.8 Å². The van der Waals surface area contributed by atoms with Crippen molar-refractivity contribution < 1.29 is 22.6 Å². The summed E-state index contributed by atoms with van der Waals surface area (Å²) in [5.74, 6) is 0.0275. The number of benzene rings is 1. The standard InChI is InChI=1S/C14H16F3NO2.C2H6/c1-3-6-11(4-2)19-13(18)10-7-5-8-12(9-10)20-14(15,16)17;1-2/h5-9,18H,3-4H2,1-2H3;1-2H3/b11-6+,18-13?;. The minimum atomic E-state index is -4.75. The summed E-state index contributed by atoms with van der Waals surface area (Å²) in [6.45, 7) is 7.80. The van der Waals surface area contributed by atoms with Crippen LogP contribution in [-0.4, -0.2) is 12.3 Å². The summed E-state index contributed by atoms with van der Waals surface area (Å²) < 4.78 is 45.5. The number of ether oxygens (including phenoxy) is 2. The van der Waals surface area contributed by atoms with Gasteiger partial charge in [-0.15, -0.1) is 13.2 Å². The summed E-state index contributed by atoms with van der Waals surface area (Å²) in [5, 5.41) is 7.77. The van der Waals surface area contributed by atoms with Crippen LogP contribution in [0.2, 0.25) is 0 Å². The van der Waals surface area contributed by atoms with E-state index in [1.54, 1.807) is 0 Å². The van der Waals surface area contributed by atoms with Crippen molar-refractivity contribution in [1.29, 1.82) is 5.41 Å². The van der Waals surface area contributed by atoms with Crippen LogP contribution in [0.25, 0.3) is 0 Å². The first kappa shape index (κ1) is 20.0. The predicted molar refractivity (Wildman–Crippen MR) is 81.1 cm³/mol. The maximum absolute atomic E-state index is 12.1. The molecule has 0 saturated carbocycles. The summed E-state index contributed by atoms with van der Waals surface area (Å²) in [6.07, 6.45) is -1.56. The second-order valence-corrected chi connectivity index (χ2v) is 3.94. The topological polar surface area (TPSA) is 42.3 Å². The predicted octanol–water partition coefficient (Wildman–Crippen LogP) is 5.66. The number of alkyl halides is 3. The third kappa shape index (κ3) is 7.71. The molecule has 3 nitrogen and oxygen atoms in total. The highest BCUT2D eigenvalue weighted by molar-refractivity contribution is 5.92. The van der Waals surface area contributed by atoms with Gasteiger partial charge in [-0.25, -0.2) is 0 Å². The third-order valence-electron chi connectivity index (χ3n) is 2.34. The number of halogens is 3. The molecule has 0 spiro atoms. The van der Waals surface area contributed by atoms with Crippen LogP contribution >= 0.6 is 0 Å². The zero-order valence-electron chi connectivity index (χ0n) is 13.3. The molecule has 0 fully saturated rings. The van der Waals surface area contributed by atoms with Crippen molar-refractivity contribution in [3.63, 3.8) is 0 Å². The van der Waals surface area contributed by atoms with Gasteiger partial charge in [-0.3, -0.25) is 5.41 Å². The van der Waals surface area contributed by atoms with Crippen LogP contribution in [0.3, 0.4) is 0 Å². The Kier molecular flexibility index (Phi) is 8.98. The van der Waals surface area contributed by atoms with E-state index in [0.29, 0.717) is 12.2 Å². The van der Waals surface area contributed by atoms with Crippen molar-refractivity contribution in [2.45, 2.75) is 46.9 Å². The van der Waals surface area contributed by atoms with Gasteiger partial charge in [-0.2, -0.15) is 0 Å². The van der Waals surface area contributed by atoms with Crippen molar-refractivity contribution in [1.82, 2.24) is 0 Å². The molecule has 1 N–H and O–H groups in total. The Morgan fingerprint density at radius 1 is 1.23 bits per heavy atom. The second-order valence-electron chi connectivity index (χ2n) is 3.94. The molecule has 0 saturated heterocycles. The molecule has 124 valence electrons. The van der Waals surface area contributed by atoms with Gasteiger partial charge in [0.1, 0.15) is 11.5 Å². The lowest BCUT2D eigenvalue weighted by molar-refractivity contribution is -0.274. The number of allylic oxidation sites excluding steroid dienone is 2. The zero-order valence-corrected chi connectivity index (χ0v) is 13.3. The highest BCUT2D eigenvalue weighted by Crippen LogP contribution is 2.24. The lowest BCUT2D eigenvalue weighted by Crippen LogP contribution is -2.17. The molecule has 1 aromatic rings. The Morgan fingerprint density at radius 2 is 1.86 bits per heavy atom. The molecule has 1 rings (SSSR count). The summed E-state index contributed by atoms with van der Waals surface area (Å²) in [4.78, 5) is 0. The molecular formula is C16H22F3NO2. The van der Waals surface area contributed by atoms with E-state index < -0.39 is 6.36 Å². The van der Waals surface area contributed by atoms with E-state index in [9.17, 15) is 13.2 Å². The zero-order chi connectivity index (χ0) is 17.2. The molecule has 6 heteroatoms. The van der Waals surface area contributed by atoms with Gasteiger partial charge in [0.15, 0.2) is 0 Å². The van der Waals surface area contributed by atoms with Gasteiger partial charge in [0, 0.05) is 12.0 Å². The van der Waals surface area contributed by atoms with Crippen molar-refractivity contribution in [2.75, 3.05) is 0 Å². The Bertz CT molecular complexity index is 496. The normalized spacial score (nSPS) is 11.3. The fourth-order valence-corrected chi connectivity index (χ4v) is 1.51. The van der Waals surface area contributed by atoms with Crippen LogP contribution in [0.15, 0.2) is 36.1 Å². The number of hydrogen-bond donors (Lipinski definition) is 1. The molecule has 0 radical (unpaired) electrons. The molecule has 0 aliphatic carbocycles. The molecule has 0 aliphatic rings. The van der Waals surface area contributed by atoms with Crippen LogP contribution in [0.4, 0.5) is 13.2 Å². The largest absolute Gasteiger partial charge is 0.573 e. The quantitative estimate of drug-likeness (QED) is 0.433. The van der Waals surface area contributed by atoms with Crippen LogP contribution in [0, 0.1) is 5.41 Å². The highest BCUT2D eigenvalue weighted by Gasteiger charge is 2.31. The smallest absolute Gasteiger partial charge is 0.444 e. The molecule has 1 aromatic carbocycles. The van der Waals surface area contributed by atoms with Gasteiger partial charge in [0.2, 0.25) is 5.90 Å². The molecule has 0 aliphatic heterocycles. The van der Waals surface area contributed by atoms with Gasteiger partial charge in [0.25, 0.3) is 0 Å². The van der Waals surface area contributed by atoms with Crippen molar-refractivity contribution in [2.24, 2.45) is 0 Å². The van der Waals surface area contributed by atoms with Crippen molar-refractivity contribution >= 4 is 5.90 Å². The molecule has 0 atom stereocenters. The fraction of sp³-hybridized carbons (Fsp3) is 0.438. The lowest BCUT2D eigenvalue weighted by Gasteiger charge is -2.12. The summed E-state index contributed by atoms with van der Waals surface area (Å²) in [5.41, 5.74) is 0.224. The maximum Gasteiger partial charge on any atom is 0.573 e. The Morgan fingerprint density at radius 3 is 2.36 bits per heavy atom. The van der Waals surface area contributed by atoms with Crippen LogP contribution in [0.1, 0.15) is 46.1 Å². The molecule has 0 bridgehead atoms. The monoisotopic (exact) mass is 317 g/mol. The average molecular weight is 317 g/mol. The Labute approximate surface area is 129 Å². The number of rotatable bonds is 5. The van der Waals surface area contributed by atoms with Crippen LogP contribution in [-0.2, 0) is 4.74 Å². The van der Waals surface area contributed by atoms with Gasteiger partial charge in [0.05, 0.1) is 0 Å². The lowest BCUT2D eigenvalue weighted by atomic mass is 10.2. The van der Waals surface area contributed by atoms with Gasteiger partial charge < -0.3 is 9.47 Å². The second kappa shape index (κ2) is 9.87. The summed E-state index contributed by atoms with van der Waals surface area (Å²) in [6, 6.07) is 5.16. The summed E-state index contributed by atoms with van der Waals surface area (Å²) >= 11 is 0. The third-order valence-corrected chi connectivity index (χ3v) is 2.34. The first-order valence-electron chi connectivity index (χ1n) is 7.17. The van der Waals surface area contributed by atoms with E-state index in [-0.39, 0.29) is 17.2 Å². The summed E-state index contributed by atoms with van der Waals surface area (Å²) in [7, 11) is 0. The number of nitrogens with one attached hydrogen (secondary N) is 1. The highest BCUT2D eigenvalue weighted by atomic mass is 19.4. The molecule has 0 amide bonds. The van der Waals surface area contributed by atoms with E-state index in [4.69, 9.17) is 10.1 Å². The fourth-order valence-electron chi connectivity index (χ4n) is 1.51. The van der Waals surface area contributed by atoms with Crippen LogP contribution < -0.4 is 4.74 Å². The minimum Gasteiger partial charge on any atom is -0.444 e. The van der Waals surface area contributed by atoms with E-state index >= 15 is 0 Å². The van der Waals surface area contributed by atoms with Gasteiger partial charge in [-0.05, 0) is 30.7 Å². The molecule has 22 heavy (non-hydrogen) atoms. The van der Waals surface area contributed by atoms with Crippen molar-refractivity contribution in [3.05, 3.63) is 41.7 Å². The van der Waals surface area contributed by atoms with E-state index in [0.717, 1.165) is 12.5 Å². The molecule has 0 aromatic heterocycles. The Hall–Kier alpha value is -1.98. The van der Waals surface area contributed by atoms with Gasteiger partial charge >= 0.3 is 6.36 Å². The van der Waals surface area contributed by atoms with Crippen LogP contribution in [0.5, 0.6) is 5.75 Å². The van der Waals surface area contributed by atoms with E-state index in [1.165, 1.54) is 18.2 Å².